The van der Waals surface area contributed by atoms with Crippen molar-refractivity contribution in [2.24, 2.45) is 0 Å². The summed E-state index contributed by atoms with van der Waals surface area (Å²) < 4.78 is 5.73. The minimum atomic E-state index is -0.524. The highest BCUT2D eigenvalue weighted by molar-refractivity contribution is 5.20. The van der Waals surface area contributed by atoms with Gasteiger partial charge in [0.2, 0.25) is 0 Å². The van der Waals surface area contributed by atoms with Crippen molar-refractivity contribution in [1.82, 2.24) is 9.97 Å². The lowest BCUT2D eigenvalue weighted by Crippen LogP contribution is -2.33. The molecule has 100 valence electrons. The van der Waals surface area contributed by atoms with E-state index in [1.54, 1.807) is 20.2 Å². The summed E-state index contributed by atoms with van der Waals surface area (Å²) in [4.78, 5) is 9.00. The van der Waals surface area contributed by atoms with Gasteiger partial charge in [-0.15, -0.1) is 0 Å². The lowest BCUT2D eigenvalue weighted by Gasteiger charge is -2.34. The van der Waals surface area contributed by atoms with Crippen LogP contribution in [0, 0.1) is 6.92 Å². The molecule has 0 bridgehead atoms. The summed E-state index contributed by atoms with van der Waals surface area (Å²) in [5.74, 6) is 0.770. The molecule has 0 saturated heterocycles. The molecule has 1 heterocycles. The van der Waals surface area contributed by atoms with Crippen molar-refractivity contribution in [1.29, 1.82) is 0 Å². The van der Waals surface area contributed by atoms with Crippen molar-refractivity contribution in [2.75, 3.05) is 7.11 Å². The van der Waals surface area contributed by atoms with E-state index in [0.29, 0.717) is 0 Å². The summed E-state index contributed by atoms with van der Waals surface area (Å²) in [6.45, 7) is 3.65. The van der Waals surface area contributed by atoms with Crippen molar-refractivity contribution in [3.63, 3.8) is 0 Å². The molecule has 1 aromatic rings. The number of aliphatic hydroxyl groups is 1. The average Bonchev–Trinajstić information content (AvgIpc) is 2.39. The third-order valence-corrected chi connectivity index (χ3v) is 3.93. The first-order valence-corrected chi connectivity index (χ1v) is 6.66. The number of hydrogen-bond donors (Lipinski definition) is 1. The molecule has 1 N–H and O–H groups in total. The van der Waals surface area contributed by atoms with Crippen molar-refractivity contribution < 1.29 is 9.84 Å². The van der Waals surface area contributed by atoms with Crippen LogP contribution in [0.4, 0.5) is 0 Å². The molecule has 18 heavy (non-hydrogen) atoms. The van der Waals surface area contributed by atoms with Gasteiger partial charge in [-0.1, -0.05) is 19.3 Å². The van der Waals surface area contributed by atoms with Gasteiger partial charge < -0.3 is 9.84 Å². The molecule has 1 saturated carbocycles. The van der Waals surface area contributed by atoms with Crippen LogP contribution in [0.25, 0.3) is 0 Å². The Morgan fingerprint density at radius 2 is 2.00 bits per heavy atom. The summed E-state index contributed by atoms with van der Waals surface area (Å²) >= 11 is 0. The normalized spacial score (nSPS) is 20.7. The number of aryl methyl sites for hydroxylation is 1. The molecule has 0 spiro atoms. The fourth-order valence-corrected chi connectivity index (χ4v) is 2.75. The molecule has 1 fully saturated rings. The van der Waals surface area contributed by atoms with Crippen molar-refractivity contribution >= 4 is 0 Å². The maximum Gasteiger partial charge on any atom is 0.160 e. The van der Waals surface area contributed by atoms with Gasteiger partial charge >= 0.3 is 0 Å². The van der Waals surface area contributed by atoms with Crippen LogP contribution >= 0.6 is 0 Å². The first-order chi connectivity index (χ1) is 8.59. The zero-order valence-electron chi connectivity index (χ0n) is 11.4. The highest BCUT2D eigenvalue weighted by Crippen LogP contribution is 2.38. The minimum Gasteiger partial charge on any atom is -0.389 e. The van der Waals surface area contributed by atoms with Crippen LogP contribution in [0.15, 0.2) is 6.20 Å². The van der Waals surface area contributed by atoms with Gasteiger partial charge in [-0.2, -0.15) is 0 Å². The predicted octanol–water partition coefficient (Wildman–Crippen LogP) is 2.64. The van der Waals surface area contributed by atoms with Crippen LogP contribution in [0.3, 0.4) is 0 Å². The van der Waals surface area contributed by atoms with Gasteiger partial charge in [-0.05, 0) is 26.7 Å². The third kappa shape index (κ3) is 2.40. The van der Waals surface area contributed by atoms with Crippen molar-refractivity contribution in [2.45, 2.75) is 57.7 Å². The fraction of sp³-hybridized carbons (Fsp3) is 0.714. The highest BCUT2D eigenvalue weighted by atomic mass is 16.5. The van der Waals surface area contributed by atoms with E-state index in [1.807, 2.05) is 6.92 Å². The molecule has 4 heteroatoms. The van der Waals surface area contributed by atoms with E-state index in [2.05, 4.69) is 9.97 Å². The quantitative estimate of drug-likeness (QED) is 0.896. The molecule has 0 radical (unpaired) electrons. The Morgan fingerprint density at radius 1 is 1.33 bits per heavy atom. The number of ether oxygens (including phenoxy) is 1. The van der Waals surface area contributed by atoms with E-state index in [-0.39, 0.29) is 5.60 Å². The molecule has 4 nitrogen and oxygen atoms in total. The molecule has 1 aromatic heterocycles. The second-order valence-corrected chi connectivity index (χ2v) is 5.17. The number of rotatable bonds is 3. The number of methoxy groups -OCH3 is 1. The molecule has 0 unspecified atom stereocenters. The molecule has 2 rings (SSSR count). The standard InChI is InChI=1S/C14H22N2O2/c1-10-12(11(2)17)9-15-13(16-10)14(18-3)7-5-4-6-8-14/h9,11,17H,4-8H2,1-3H3/t11-/m1/s1. The fourth-order valence-electron chi connectivity index (χ4n) is 2.75. The molecular formula is C14H22N2O2. The molecule has 1 atom stereocenters. The zero-order chi connectivity index (χ0) is 13.2. The number of nitrogens with zero attached hydrogens (tertiary/aromatic N) is 2. The summed E-state index contributed by atoms with van der Waals surface area (Å²) in [6.07, 6.45) is 6.76. The van der Waals surface area contributed by atoms with Crippen molar-refractivity contribution in [3.05, 3.63) is 23.3 Å². The second-order valence-electron chi connectivity index (χ2n) is 5.17. The maximum absolute atomic E-state index is 9.62. The van der Waals surface area contributed by atoms with E-state index in [1.165, 1.54) is 6.42 Å². The van der Waals surface area contributed by atoms with Gasteiger partial charge in [0.25, 0.3) is 0 Å². The molecular weight excluding hydrogens is 228 g/mol. The monoisotopic (exact) mass is 250 g/mol. The van der Waals surface area contributed by atoms with Crippen LogP contribution in [0.5, 0.6) is 0 Å². The second kappa shape index (κ2) is 5.33. The van der Waals surface area contributed by atoms with Gasteiger partial charge in [-0.25, -0.2) is 9.97 Å². The van der Waals surface area contributed by atoms with E-state index in [0.717, 1.165) is 42.8 Å². The Balaban J connectivity index is 2.34. The van der Waals surface area contributed by atoms with E-state index >= 15 is 0 Å². The maximum atomic E-state index is 9.62. The number of aromatic nitrogens is 2. The minimum absolute atomic E-state index is 0.319. The third-order valence-electron chi connectivity index (χ3n) is 3.93. The van der Waals surface area contributed by atoms with E-state index < -0.39 is 6.10 Å². The first kappa shape index (κ1) is 13.4. The number of hydrogen-bond acceptors (Lipinski definition) is 4. The molecule has 0 aromatic carbocycles. The predicted molar refractivity (Wildman–Crippen MR) is 69.2 cm³/mol. The molecule has 0 aliphatic heterocycles. The van der Waals surface area contributed by atoms with E-state index in [4.69, 9.17) is 4.74 Å². The summed E-state index contributed by atoms with van der Waals surface area (Å²) in [5.41, 5.74) is 1.32. The van der Waals surface area contributed by atoms with Crippen molar-refractivity contribution in [3.8, 4) is 0 Å². The Kier molecular flexibility index (Phi) is 3.97. The summed E-state index contributed by atoms with van der Waals surface area (Å²) in [7, 11) is 1.74. The molecule has 1 aliphatic carbocycles. The van der Waals surface area contributed by atoms with E-state index in [9.17, 15) is 5.11 Å². The summed E-state index contributed by atoms with van der Waals surface area (Å²) in [5, 5.41) is 9.62. The van der Waals surface area contributed by atoms with Gasteiger partial charge in [0.15, 0.2) is 5.82 Å². The Bertz CT molecular complexity index is 412. The Hall–Kier alpha value is -1.00. The molecule has 1 aliphatic rings. The van der Waals surface area contributed by atoms with Crippen LogP contribution in [-0.2, 0) is 10.3 Å². The zero-order valence-corrected chi connectivity index (χ0v) is 11.4. The van der Waals surface area contributed by atoms with Crippen LogP contribution in [0.2, 0.25) is 0 Å². The summed E-state index contributed by atoms with van der Waals surface area (Å²) in [6, 6.07) is 0. The Labute approximate surface area is 108 Å². The lowest BCUT2D eigenvalue weighted by atomic mass is 9.84. The van der Waals surface area contributed by atoms with Crippen LogP contribution in [-0.4, -0.2) is 22.2 Å². The van der Waals surface area contributed by atoms with Gasteiger partial charge in [-0.3, -0.25) is 0 Å². The number of aliphatic hydroxyl groups excluding tert-OH is 1. The average molecular weight is 250 g/mol. The van der Waals surface area contributed by atoms with Gasteiger partial charge in [0, 0.05) is 24.6 Å². The highest BCUT2D eigenvalue weighted by Gasteiger charge is 2.36. The SMILES string of the molecule is COC1(c2ncc([C@@H](C)O)c(C)n2)CCCCC1. The van der Waals surface area contributed by atoms with Crippen LogP contribution in [0.1, 0.15) is 62.2 Å². The largest absolute Gasteiger partial charge is 0.389 e. The smallest absolute Gasteiger partial charge is 0.160 e. The Morgan fingerprint density at radius 3 is 2.50 bits per heavy atom. The lowest BCUT2D eigenvalue weighted by molar-refractivity contribution is -0.0517. The van der Waals surface area contributed by atoms with Crippen LogP contribution < -0.4 is 0 Å². The molecule has 0 amide bonds. The van der Waals surface area contributed by atoms with Gasteiger partial charge in [0.05, 0.1) is 6.10 Å². The first-order valence-electron chi connectivity index (χ1n) is 6.66. The van der Waals surface area contributed by atoms with Gasteiger partial charge in [0.1, 0.15) is 5.60 Å². The topological polar surface area (TPSA) is 55.2 Å².